The molecule has 4 N–H and O–H groups in total. The number of carbonyl (C=O) groups excluding carboxylic acids is 4. The minimum Gasteiger partial charge on any atom is -0.466 e. The minimum atomic E-state index is -1.14. The zero-order chi connectivity index (χ0) is 21.3. The lowest BCUT2D eigenvalue weighted by Gasteiger charge is -2.25. The molecule has 0 bridgehead atoms. The van der Waals surface area contributed by atoms with E-state index in [4.69, 9.17) is 10.5 Å². The smallest absolute Gasteiger partial charge is 0.306 e. The summed E-state index contributed by atoms with van der Waals surface area (Å²) < 4.78 is 18.2. The van der Waals surface area contributed by atoms with Crippen LogP contribution in [0.25, 0.3) is 0 Å². The summed E-state index contributed by atoms with van der Waals surface area (Å²) in [4.78, 5) is 47.5. The van der Waals surface area contributed by atoms with Gasteiger partial charge in [-0.05, 0) is 30.5 Å². The van der Waals surface area contributed by atoms with Gasteiger partial charge in [0.25, 0.3) is 0 Å². The number of amides is 3. The molecule has 3 atom stereocenters. The van der Waals surface area contributed by atoms with E-state index >= 15 is 0 Å². The summed E-state index contributed by atoms with van der Waals surface area (Å²) in [5, 5.41) is 4.95. The number of carbonyl (C=O) groups is 4. The fourth-order valence-corrected chi connectivity index (χ4v) is 2.70. The van der Waals surface area contributed by atoms with Crippen LogP contribution in [0.4, 0.5) is 4.39 Å². The molecule has 1 rings (SSSR count). The van der Waals surface area contributed by atoms with Crippen LogP contribution in [0.15, 0.2) is 24.3 Å². The number of ether oxygens (including phenoxy) is 1. The lowest BCUT2D eigenvalue weighted by molar-refractivity contribution is -0.145. The largest absolute Gasteiger partial charge is 0.466 e. The van der Waals surface area contributed by atoms with E-state index in [1.54, 1.807) is 19.9 Å². The number of benzene rings is 1. The van der Waals surface area contributed by atoms with E-state index in [2.05, 4.69) is 10.6 Å². The highest BCUT2D eigenvalue weighted by atomic mass is 19.1. The molecule has 0 heterocycles. The molecule has 0 radical (unpaired) electrons. The lowest BCUT2D eigenvalue weighted by atomic mass is 9.96. The van der Waals surface area contributed by atoms with Crippen molar-refractivity contribution in [3.05, 3.63) is 35.6 Å². The van der Waals surface area contributed by atoms with Crippen molar-refractivity contribution in [2.75, 3.05) is 6.61 Å². The zero-order valence-corrected chi connectivity index (χ0v) is 16.2. The molecule has 1 aromatic rings. The number of hydrogen-bond donors (Lipinski definition) is 3. The molecule has 0 aromatic heterocycles. The van der Waals surface area contributed by atoms with Gasteiger partial charge in [-0.2, -0.15) is 0 Å². The normalized spacial score (nSPS) is 13.7. The van der Waals surface area contributed by atoms with Crippen LogP contribution in [0.3, 0.4) is 0 Å². The Labute approximate surface area is 163 Å². The van der Waals surface area contributed by atoms with Gasteiger partial charge in [-0.15, -0.1) is 0 Å². The summed E-state index contributed by atoms with van der Waals surface area (Å²) in [5.41, 5.74) is 5.86. The van der Waals surface area contributed by atoms with Gasteiger partial charge in [-0.25, -0.2) is 4.39 Å². The zero-order valence-electron chi connectivity index (χ0n) is 16.2. The Bertz CT molecular complexity index is 725. The minimum absolute atomic E-state index is 0.0148. The summed E-state index contributed by atoms with van der Waals surface area (Å²) in [6.45, 7) is 4.66. The predicted octanol–water partition coefficient (Wildman–Crippen LogP) is 0.432. The highest BCUT2D eigenvalue weighted by molar-refractivity contribution is 5.91. The van der Waals surface area contributed by atoms with Gasteiger partial charge in [-0.3, -0.25) is 19.2 Å². The quantitative estimate of drug-likeness (QED) is 0.495. The molecule has 154 valence electrons. The van der Waals surface area contributed by atoms with Crippen molar-refractivity contribution >= 4 is 23.7 Å². The number of esters is 1. The average Bonchev–Trinajstić information content (AvgIpc) is 2.58. The Balaban J connectivity index is 2.91. The highest BCUT2D eigenvalue weighted by Crippen LogP contribution is 2.12. The van der Waals surface area contributed by atoms with Crippen LogP contribution in [0.2, 0.25) is 0 Å². The van der Waals surface area contributed by atoms with E-state index < -0.39 is 47.5 Å². The van der Waals surface area contributed by atoms with E-state index in [0.717, 1.165) is 0 Å². The highest BCUT2D eigenvalue weighted by Gasteiger charge is 2.30. The summed E-state index contributed by atoms with van der Waals surface area (Å²) in [6, 6.07) is 3.42. The molecule has 0 unspecified atom stereocenters. The fourth-order valence-electron chi connectivity index (χ4n) is 2.70. The first-order valence-corrected chi connectivity index (χ1v) is 8.90. The van der Waals surface area contributed by atoms with Crippen LogP contribution in [0, 0.1) is 11.7 Å². The van der Waals surface area contributed by atoms with Crippen molar-refractivity contribution < 1.29 is 28.3 Å². The van der Waals surface area contributed by atoms with Crippen LogP contribution in [-0.2, 0) is 30.3 Å². The first-order valence-electron chi connectivity index (χ1n) is 8.90. The van der Waals surface area contributed by atoms with Crippen molar-refractivity contribution in [3.8, 4) is 0 Å². The molecule has 0 saturated carbocycles. The summed E-state index contributed by atoms with van der Waals surface area (Å²) in [6.07, 6.45) is -0.0999. The van der Waals surface area contributed by atoms with E-state index in [1.807, 2.05) is 0 Å². The molecule has 9 heteroatoms. The second-order valence-electron chi connectivity index (χ2n) is 6.46. The summed E-state index contributed by atoms with van der Waals surface area (Å²) in [5.74, 6) is -3.57. The van der Waals surface area contributed by atoms with Crippen molar-refractivity contribution in [2.45, 2.75) is 45.7 Å². The Morgan fingerprint density at radius 2 is 1.89 bits per heavy atom. The van der Waals surface area contributed by atoms with Gasteiger partial charge >= 0.3 is 5.97 Å². The lowest BCUT2D eigenvalue weighted by Crippen LogP contribution is -2.55. The van der Waals surface area contributed by atoms with Crippen LogP contribution in [0.5, 0.6) is 0 Å². The van der Waals surface area contributed by atoms with Gasteiger partial charge in [0.05, 0.1) is 13.0 Å². The number of primary amides is 1. The Morgan fingerprint density at radius 1 is 1.21 bits per heavy atom. The third-order valence-electron chi connectivity index (χ3n) is 3.99. The maximum Gasteiger partial charge on any atom is 0.306 e. The molecular formula is C19H26FN3O5. The average molecular weight is 395 g/mol. The molecule has 0 fully saturated rings. The van der Waals surface area contributed by atoms with Crippen molar-refractivity contribution in [3.63, 3.8) is 0 Å². The monoisotopic (exact) mass is 395 g/mol. The van der Waals surface area contributed by atoms with Crippen LogP contribution in [0.1, 0.15) is 32.8 Å². The van der Waals surface area contributed by atoms with Gasteiger partial charge in [0.1, 0.15) is 17.9 Å². The van der Waals surface area contributed by atoms with Gasteiger partial charge < -0.3 is 21.1 Å². The molecule has 1 aromatic carbocycles. The van der Waals surface area contributed by atoms with Gasteiger partial charge in [0.15, 0.2) is 0 Å². The van der Waals surface area contributed by atoms with E-state index in [-0.39, 0.29) is 19.4 Å². The first kappa shape index (κ1) is 23.1. The number of nitrogens with two attached hydrogens (primary N) is 1. The molecule has 3 amide bonds. The van der Waals surface area contributed by atoms with Crippen LogP contribution < -0.4 is 16.4 Å². The van der Waals surface area contributed by atoms with Crippen molar-refractivity contribution in [1.29, 1.82) is 0 Å². The van der Waals surface area contributed by atoms with Crippen molar-refractivity contribution in [1.82, 2.24) is 10.6 Å². The SMILES string of the molecule is CCOC(=O)C[C@H](C)[C@H](NC(=O)[C@H](Cc1cccc(F)c1)NC(C)=O)C(N)=O. The molecule has 8 nitrogen and oxygen atoms in total. The Hall–Kier alpha value is -2.97. The molecule has 0 aliphatic rings. The molecule has 28 heavy (non-hydrogen) atoms. The first-order chi connectivity index (χ1) is 13.1. The topological polar surface area (TPSA) is 128 Å². The van der Waals surface area contributed by atoms with Gasteiger partial charge in [-0.1, -0.05) is 19.1 Å². The summed E-state index contributed by atoms with van der Waals surface area (Å²) in [7, 11) is 0. The van der Waals surface area contributed by atoms with Gasteiger partial charge in [0, 0.05) is 13.3 Å². The maximum absolute atomic E-state index is 13.4. The number of hydrogen-bond acceptors (Lipinski definition) is 5. The molecular weight excluding hydrogens is 369 g/mol. The van der Waals surface area contributed by atoms with Crippen LogP contribution >= 0.6 is 0 Å². The van der Waals surface area contributed by atoms with Crippen molar-refractivity contribution in [2.24, 2.45) is 11.7 Å². The van der Waals surface area contributed by atoms with Crippen LogP contribution in [-0.4, -0.2) is 42.4 Å². The second-order valence-corrected chi connectivity index (χ2v) is 6.46. The number of rotatable bonds is 10. The molecule has 0 aliphatic heterocycles. The van der Waals surface area contributed by atoms with E-state index in [0.29, 0.717) is 5.56 Å². The summed E-state index contributed by atoms with van der Waals surface area (Å²) >= 11 is 0. The van der Waals surface area contributed by atoms with E-state index in [1.165, 1.54) is 25.1 Å². The van der Waals surface area contributed by atoms with E-state index in [9.17, 15) is 23.6 Å². The Morgan fingerprint density at radius 3 is 2.43 bits per heavy atom. The number of halogens is 1. The second kappa shape index (κ2) is 11.0. The standard InChI is InChI=1S/C19H26FN3O5/c1-4-28-16(25)8-11(2)17(18(21)26)23-19(27)15(22-12(3)24)10-13-6-5-7-14(20)9-13/h5-7,9,11,15,17H,4,8,10H2,1-3H3,(H2,21,26)(H,22,24)(H,23,27)/t11-,15-,17-/m0/s1. The fraction of sp³-hybridized carbons (Fsp3) is 0.474. The number of nitrogens with one attached hydrogen (secondary N) is 2. The third-order valence-corrected chi connectivity index (χ3v) is 3.99. The maximum atomic E-state index is 13.4. The predicted molar refractivity (Wildman–Crippen MR) is 99.2 cm³/mol. The molecule has 0 saturated heterocycles. The Kier molecular flexibility index (Phi) is 9.07. The molecule has 0 aliphatic carbocycles. The molecule has 0 spiro atoms. The van der Waals surface area contributed by atoms with Gasteiger partial charge in [0.2, 0.25) is 17.7 Å². The third kappa shape index (κ3) is 7.73.